The lowest BCUT2D eigenvalue weighted by Crippen LogP contribution is -2.28. The van der Waals surface area contributed by atoms with Crippen molar-refractivity contribution < 1.29 is 4.74 Å². The predicted octanol–water partition coefficient (Wildman–Crippen LogP) is 5.01. The highest BCUT2D eigenvalue weighted by molar-refractivity contribution is 5.28. The molecule has 1 atom stereocenters. The average molecular weight is 258 g/mol. The van der Waals surface area contributed by atoms with Gasteiger partial charge in [-0.2, -0.15) is 0 Å². The van der Waals surface area contributed by atoms with Gasteiger partial charge in [0.15, 0.2) is 0 Å². The smallest absolute Gasteiger partial charge is 0.119 e. The van der Waals surface area contributed by atoms with Crippen LogP contribution in [0.1, 0.15) is 45.6 Å². The Morgan fingerprint density at radius 3 is 2.79 bits per heavy atom. The zero-order valence-corrected chi connectivity index (χ0v) is 12.7. The molecule has 0 fully saturated rings. The summed E-state index contributed by atoms with van der Waals surface area (Å²) in [4.78, 5) is 0. The van der Waals surface area contributed by atoms with Crippen molar-refractivity contribution >= 4 is 0 Å². The zero-order chi connectivity index (χ0) is 13.9. The Morgan fingerprint density at radius 2 is 2.11 bits per heavy atom. The predicted molar refractivity (Wildman–Crippen MR) is 81.6 cm³/mol. The Kier molecular flexibility index (Phi) is 4.34. The molecule has 1 aliphatic rings. The molecule has 0 N–H and O–H groups in total. The minimum atomic E-state index is 0.442. The molecule has 0 spiro atoms. The van der Waals surface area contributed by atoms with Crippen LogP contribution in [0.4, 0.5) is 0 Å². The van der Waals surface area contributed by atoms with E-state index in [4.69, 9.17) is 4.74 Å². The first-order valence-corrected chi connectivity index (χ1v) is 7.32. The van der Waals surface area contributed by atoms with E-state index in [-0.39, 0.29) is 0 Å². The topological polar surface area (TPSA) is 9.23 Å². The summed E-state index contributed by atoms with van der Waals surface area (Å²) in [6.07, 6.45) is 7.36. The summed E-state index contributed by atoms with van der Waals surface area (Å²) < 4.78 is 5.30. The van der Waals surface area contributed by atoms with E-state index < -0.39 is 0 Å². The van der Waals surface area contributed by atoms with Gasteiger partial charge in [0, 0.05) is 0 Å². The van der Waals surface area contributed by atoms with Gasteiger partial charge in [0.25, 0.3) is 0 Å². The normalized spacial score (nSPS) is 21.9. The molecule has 0 aromatic heterocycles. The maximum absolute atomic E-state index is 5.30. The summed E-state index contributed by atoms with van der Waals surface area (Å²) in [6.45, 7) is 7.14. The molecule has 0 saturated carbocycles. The molecule has 0 aliphatic heterocycles. The van der Waals surface area contributed by atoms with E-state index in [1.165, 1.54) is 24.8 Å². The van der Waals surface area contributed by atoms with Crippen molar-refractivity contribution in [3.63, 3.8) is 0 Å². The highest BCUT2D eigenvalue weighted by atomic mass is 16.5. The van der Waals surface area contributed by atoms with Crippen LogP contribution < -0.4 is 4.74 Å². The fourth-order valence-electron chi connectivity index (χ4n) is 3.36. The standard InChI is InChI=1S/C18H26O/c1-14-7-6-12-18(2,3)17(14)11-10-15-8-5-9-16(13-15)19-4/h5,7-9,13,17H,6,10-12H2,1-4H3. The summed E-state index contributed by atoms with van der Waals surface area (Å²) in [7, 11) is 1.73. The van der Waals surface area contributed by atoms with Crippen molar-refractivity contribution in [1.29, 1.82) is 0 Å². The molecule has 1 heteroatoms. The quantitative estimate of drug-likeness (QED) is 0.690. The van der Waals surface area contributed by atoms with E-state index in [2.05, 4.69) is 45.0 Å². The van der Waals surface area contributed by atoms with Gasteiger partial charge in [-0.15, -0.1) is 0 Å². The molecule has 1 aliphatic carbocycles. The fraction of sp³-hybridized carbons (Fsp3) is 0.556. The number of methoxy groups -OCH3 is 1. The Hall–Kier alpha value is -1.24. The lowest BCUT2D eigenvalue weighted by molar-refractivity contribution is 0.204. The first-order chi connectivity index (χ1) is 9.03. The van der Waals surface area contributed by atoms with Gasteiger partial charge in [0.2, 0.25) is 0 Å². The largest absolute Gasteiger partial charge is 0.497 e. The van der Waals surface area contributed by atoms with E-state index in [0.717, 1.165) is 12.2 Å². The van der Waals surface area contributed by atoms with Gasteiger partial charge in [-0.3, -0.25) is 0 Å². The lowest BCUT2D eigenvalue weighted by atomic mass is 9.67. The number of aryl methyl sites for hydroxylation is 1. The van der Waals surface area contributed by atoms with Crippen LogP contribution in [0.25, 0.3) is 0 Å². The molecule has 0 amide bonds. The van der Waals surface area contributed by atoms with E-state index in [9.17, 15) is 0 Å². The summed E-state index contributed by atoms with van der Waals surface area (Å²) in [5.74, 6) is 1.68. The molecule has 0 bridgehead atoms. The van der Waals surface area contributed by atoms with Crippen molar-refractivity contribution in [2.24, 2.45) is 11.3 Å². The molecule has 1 unspecified atom stereocenters. The second-order valence-electron chi connectivity index (χ2n) is 6.42. The van der Waals surface area contributed by atoms with Crippen molar-refractivity contribution in [1.82, 2.24) is 0 Å². The number of ether oxygens (including phenoxy) is 1. The van der Waals surface area contributed by atoms with Crippen LogP contribution in [0.2, 0.25) is 0 Å². The zero-order valence-electron chi connectivity index (χ0n) is 12.7. The summed E-state index contributed by atoms with van der Waals surface area (Å²) >= 11 is 0. The fourth-order valence-corrected chi connectivity index (χ4v) is 3.36. The van der Waals surface area contributed by atoms with E-state index in [1.807, 2.05) is 6.07 Å². The van der Waals surface area contributed by atoms with Gasteiger partial charge < -0.3 is 4.74 Å². The number of rotatable bonds is 4. The highest BCUT2D eigenvalue weighted by Crippen LogP contribution is 2.43. The first kappa shape index (κ1) is 14.2. The van der Waals surface area contributed by atoms with Crippen molar-refractivity contribution in [2.75, 3.05) is 7.11 Å². The second kappa shape index (κ2) is 5.81. The molecule has 19 heavy (non-hydrogen) atoms. The highest BCUT2D eigenvalue weighted by Gasteiger charge is 2.32. The van der Waals surface area contributed by atoms with E-state index in [1.54, 1.807) is 12.7 Å². The van der Waals surface area contributed by atoms with Gasteiger partial charge in [0.1, 0.15) is 5.75 Å². The number of benzene rings is 1. The molecule has 0 saturated heterocycles. The third kappa shape index (κ3) is 3.40. The number of allylic oxidation sites excluding steroid dienone is 2. The molecule has 0 radical (unpaired) electrons. The van der Waals surface area contributed by atoms with Crippen molar-refractivity contribution in [3.05, 3.63) is 41.5 Å². The Labute approximate surface area is 117 Å². The summed E-state index contributed by atoms with van der Waals surface area (Å²) in [6, 6.07) is 8.47. The average Bonchev–Trinajstić information content (AvgIpc) is 2.37. The van der Waals surface area contributed by atoms with Crippen molar-refractivity contribution in [3.8, 4) is 5.75 Å². The molecule has 1 aromatic carbocycles. The first-order valence-electron chi connectivity index (χ1n) is 7.32. The van der Waals surface area contributed by atoms with Crippen LogP contribution in [0.5, 0.6) is 5.75 Å². The molecule has 0 heterocycles. The lowest BCUT2D eigenvalue weighted by Gasteiger charge is -2.38. The van der Waals surface area contributed by atoms with Crippen molar-refractivity contribution in [2.45, 2.75) is 46.5 Å². The SMILES string of the molecule is COc1cccc(CCC2C(C)=CCCC2(C)C)c1. The molecular weight excluding hydrogens is 232 g/mol. The van der Waals surface area contributed by atoms with Crippen LogP contribution >= 0.6 is 0 Å². The van der Waals surface area contributed by atoms with Crippen LogP contribution in [0.15, 0.2) is 35.9 Å². The molecule has 104 valence electrons. The van der Waals surface area contributed by atoms with E-state index in [0.29, 0.717) is 11.3 Å². The number of hydrogen-bond acceptors (Lipinski definition) is 1. The Morgan fingerprint density at radius 1 is 1.32 bits per heavy atom. The monoisotopic (exact) mass is 258 g/mol. The molecule has 1 nitrogen and oxygen atoms in total. The minimum Gasteiger partial charge on any atom is -0.497 e. The Balaban J connectivity index is 2.04. The van der Waals surface area contributed by atoms with Crippen LogP contribution in [0.3, 0.4) is 0 Å². The Bertz CT molecular complexity index is 457. The summed E-state index contributed by atoms with van der Waals surface area (Å²) in [5, 5.41) is 0. The van der Waals surface area contributed by atoms with Crippen LogP contribution in [-0.2, 0) is 6.42 Å². The van der Waals surface area contributed by atoms with Crippen LogP contribution in [0, 0.1) is 11.3 Å². The molecule has 1 aromatic rings. The van der Waals surface area contributed by atoms with E-state index >= 15 is 0 Å². The third-order valence-corrected chi connectivity index (χ3v) is 4.60. The number of hydrogen-bond donors (Lipinski definition) is 0. The van der Waals surface area contributed by atoms with Gasteiger partial charge in [-0.05, 0) is 61.6 Å². The third-order valence-electron chi connectivity index (χ3n) is 4.60. The summed E-state index contributed by atoms with van der Waals surface area (Å²) in [5.41, 5.74) is 3.41. The van der Waals surface area contributed by atoms with Gasteiger partial charge >= 0.3 is 0 Å². The minimum absolute atomic E-state index is 0.442. The molecule has 2 rings (SSSR count). The van der Waals surface area contributed by atoms with Gasteiger partial charge in [-0.1, -0.05) is 37.6 Å². The second-order valence-corrected chi connectivity index (χ2v) is 6.42. The van der Waals surface area contributed by atoms with Gasteiger partial charge in [-0.25, -0.2) is 0 Å². The van der Waals surface area contributed by atoms with Crippen LogP contribution in [-0.4, -0.2) is 7.11 Å². The molecular formula is C18H26O. The van der Waals surface area contributed by atoms with Gasteiger partial charge in [0.05, 0.1) is 7.11 Å². The maximum Gasteiger partial charge on any atom is 0.119 e. The maximum atomic E-state index is 5.30.